The summed E-state index contributed by atoms with van der Waals surface area (Å²) in [6.45, 7) is 4.39. The minimum absolute atomic E-state index is 0.104. The van der Waals surface area contributed by atoms with Crippen LogP contribution in [0.25, 0.3) is 10.2 Å². The Bertz CT molecular complexity index is 1370. The Morgan fingerprint density at radius 3 is 2.42 bits per heavy atom. The molecule has 5 nitrogen and oxygen atoms in total. The van der Waals surface area contributed by atoms with Gasteiger partial charge >= 0.3 is 4.87 Å². The first kappa shape index (κ1) is 21.5. The topological polar surface area (TPSA) is 68.2 Å². The third-order valence-electron chi connectivity index (χ3n) is 5.40. The quantitative estimate of drug-likeness (QED) is 0.436. The summed E-state index contributed by atoms with van der Waals surface area (Å²) in [6.07, 6.45) is 0.632. The number of nitrogens with zero attached hydrogens (tertiary/aromatic N) is 1. The summed E-state index contributed by atoms with van der Waals surface area (Å²) < 4.78 is 31.4. The molecule has 0 bridgehead atoms. The maximum absolute atomic E-state index is 13.1. The standard InChI is InChI=1S/C24H24N2O3S2/c1-3-21(20-12-8-7-9-17(20)2)25-31(28,29)19-13-14-22-23(15-19)30-24(27)26(22)16-18-10-5-4-6-11-18/h4-15,21,25H,3,16H2,1-2H3/t21-/m0/s1. The lowest BCUT2D eigenvalue weighted by Crippen LogP contribution is -2.28. The normalized spacial score (nSPS) is 12.8. The van der Waals surface area contributed by atoms with Gasteiger partial charge in [-0.1, -0.05) is 72.9 Å². The van der Waals surface area contributed by atoms with Gasteiger partial charge in [-0.05, 0) is 48.2 Å². The fraction of sp³-hybridized carbons (Fsp3) is 0.208. The first-order chi connectivity index (χ1) is 14.9. The van der Waals surface area contributed by atoms with Crippen molar-refractivity contribution in [2.24, 2.45) is 0 Å². The van der Waals surface area contributed by atoms with Crippen LogP contribution >= 0.6 is 11.3 Å². The molecular weight excluding hydrogens is 428 g/mol. The molecule has 0 aliphatic heterocycles. The van der Waals surface area contributed by atoms with E-state index in [4.69, 9.17) is 0 Å². The van der Waals surface area contributed by atoms with Crippen LogP contribution in [-0.4, -0.2) is 13.0 Å². The van der Waals surface area contributed by atoms with Gasteiger partial charge < -0.3 is 0 Å². The molecule has 0 saturated carbocycles. The van der Waals surface area contributed by atoms with Crippen LogP contribution in [0.3, 0.4) is 0 Å². The monoisotopic (exact) mass is 452 g/mol. The number of benzene rings is 3. The van der Waals surface area contributed by atoms with E-state index in [0.717, 1.165) is 33.5 Å². The fourth-order valence-corrected chi connectivity index (χ4v) is 6.06. The van der Waals surface area contributed by atoms with E-state index in [2.05, 4.69) is 4.72 Å². The highest BCUT2D eigenvalue weighted by Crippen LogP contribution is 2.26. The summed E-state index contributed by atoms with van der Waals surface area (Å²) in [4.78, 5) is 12.6. The van der Waals surface area contributed by atoms with Crippen LogP contribution in [0.2, 0.25) is 0 Å². The minimum atomic E-state index is -3.75. The Balaban J connectivity index is 1.66. The van der Waals surface area contributed by atoms with Crippen LogP contribution in [0.1, 0.15) is 36.1 Å². The van der Waals surface area contributed by atoms with Crippen LogP contribution in [0.15, 0.2) is 82.5 Å². The van der Waals surface area contributed by atoms with E-state index in [0.29, 0.717) is 17.7 Å². The van der Waals surface area contributed by atoms with Crippen molar-refractivity contribution in [1.29, 1.82) is 0 Å². The van der Waals surface area contributed by atoms with E-state index in [9.17, 15) is 13.2 Å². The molecule has 31 heavy (non-hydrogen) atoms. The number of nitrogens with one attached hydrogen (secondary N) is 1. The first-order valence-corrected chi connectivity index (χ1v) is 12.4. The molecule has 160 valence electrons. The van der Waals surface area contributed by atoms with E-state index in [1.165, 1.54) is 0 Å². The Kier molecular flexibility index (Phi) is 6.09. The van der Waals surface area contributed by atoms with Gasteiger partial charge in [0.2, 0.25) is 10.0 Å². The molecule has 0 aliphatic rings. The summed E-state index contributed by atoms with van der Waals surface area (Å²) >= 11 is 1.07. The molecule has 1 atom stereocenters. The molecule has 4 aromatic rings. The second-order valence-corrected chi connectivity index (χ2v) is 10.2. The van der Waals surface area contributed by atoms with Crippen molar-refractivity contribution in [2.45, 2.75) is 37.8 Å². The zero-order chi connectivity index (χ0) is 22.0. The molecule has 1 aromatic heterocycles. The molecule has 1 N–H and O–H groups in total. The summed E-state index contributed by atoms with van der Waals surface area (Å²) in [5.41, 5.74) is 3.77. The number of sulfonamides is 1. The van der Waals surface area contributed by atoms with Crippen molar-refractivity contribution in [3.05, 3.63) is 99.2 Å². The van der Waals surface area contributed by atoms with Gasteiger partial charge in [0.1, 0.15) is 0 Å². The van der Waals surface area contributed by atoms with Crippen LogP contribution in [0.4, 0.5) is 0 Å². The third kappa shape index (κ3) is 4.49. The lowest BCUT2D eigenvalue weighted by atomic mass is 10.0. The van der Waals surface area contributed by atoms with Crippen LogP contribution in [-0.2, 0) is 16.6 Å². The highest BCUT2D eigenvalue weighted by atomic mass is 32.2. The number of hydrogen-bond acceptors (Lipinski definition) is 4. The first-order valence-electron chi connectivity index (χ1n) is 10.1. The van der Waals surface area contributed by atoms with Gasteiger partial charge in [-0.25, -0.2) is 13.1 Å². The molecule has 0 unspecified atom stereocenters. The zero-order valence-corrected chi connectivity index (χ0v) is 19.0. The van der Waals surface area contributed by atoms with Crippen molar-refractivity contribution < 1.29 is 8.42 Å². The van der Waals surface area contributed by atoms with Gasteiger partial charge in [0.05, 0.1) is 21.7 Å². The molecule has 0 aliphatic carbocycles. The third-order valence-corrected chi connectivity index (χ3v) is 7.81. The Morgan fingerprint density at radius 1 is 1.00 bits per heavy atom. The summed E-state index contributed by atoms with van der Waals surface area (Å²) in [6, 6.07) is 22.1. The Labute approximate surface area is 186 Å². The van der Waals surface area contributed by atoms with Crippen LogP contribution in [0, 0.1) is 6.92 Å². The highest BCUT2D eigenvalue weighted by molar-refractivity contribution is 7.89. The van der Waals surface area contributed by atoms with Gasteiger partial charge in [0.15, 0.2) is 0 Å². The minimum Gasteiger partial charge on any atom is -0.294 e. The number of thiazole rings is 1. The van der Waals surface area contributed by atoms with Crippen LogP contribution < -0.4 is 9.60 Å². The molecule has 3 aromatic carbocycles. The highest BCUT2D eigenvalue weighted by Gasteiger charge is 2.22. The lowest BCUT2D eigenvalue weighted by Gasteiger charge is -2.19. The summed E-state index contributed by atoms with van der Waals surface area (Å²) in [5.74, 6) is 0. The van der Waals surface area contributed by atoms with E-state index in [-0.39, 0.29) is 15.8 Å². The van der Waals surface area contributed by atoms with E-state index in [1.54, 1.807) is 22.8 Å². The predicted molar refractivity (Wildman–Crippen MR) is 126 cm³/mol. The number of fused-ring (bicyclic) bond motifs is 1. The van der Waals surface area contributed by atoms with E-state index in [1.807, 2.05) is 68.4 Å². The van der Waals surface area contributed by atoms with Crippen molar-refractivity contribution >= 4 is 31.6 Å². The molecule has 0 fully saturated rings. The molecule has 1 heterocycles. The second kappa shape index (κ2) is 8.78. The molecule has 0 saturated heterocycles. The average molecular weight is 453 g/mol. The number of aromatic nitrogens is 1. The molecule has 4 rings (SSSR count). The van der Waals surface area contributed by atoms with Gasteiger partial charge in [0.25, 0.3) is 0 Å². The molecule has 0 spiro atoms. The van der Waals surface area contributed by atoms with Crippen molar-refractivity contribution in [3.8, 4) is 0 Å². The fourth-order valence-electron chi connectivity index (χ4n) is 3.73. The van der Waals surface area contributed by atoms with Gasteiger partial charge in [-0.2, -0.15) is 0 Å². The lowest BCUT2D eigenvalue weighted by molar-refractivity contribution is 0.549. The van der Waals surface area contributed by atoms with Crippen molar-refractivity contribution in [3.63, 3.8) is 0 Å². The average Bonchev–Trinajstić information content (AvgIpc) is 3.07. The molecule has 0 radical (unpaired) electrons. The van der Waals surface area contributed by atoms with Crippen molar-refractivity contribution in [2.75, 3.05) is 0 Å². The Morgan fingerprint density at radius 2 is 1.71 bits per heavy atom. The summed E-state index contributed by atoms with van der Waals surface area (Å²) in [7, 11) is -3.75. The number of hydrogen-bond donors (Lipinski definition) is 1. The smallest absolute Gasteiger partial charge is 0.294 e. The summed E-state index contributed by atoms with van der Waals surface area (Å²) in [5, 5.41) is 0. The molecule has 0 amide bonds. The van der Waals surface area contributed by atoms with Crippen LogP contribution in [0.5, 0.6) is 0 Å². The zero-order valence-electron chi connectivity index (χ0n) is 17.4. The van der Waals surface area contributed by atoms with Crippen molar-refractivity contribution in [1.82, 2.24) is 9.29 Å². The van der Waals surface area contributed by atoms with Gasteiger partial charge in [-0.15, -0.1) is 0 Å². The van der Waals surface area contributed by atoms with Gasteiger partial charge in [0, 0.05) is 6.04 Å². The predicted octanol–water partition coefficient (Wildman–Crippen LogP) is 4.85. The number of aryl methyl sites for hydroxylation is 1. The van der Waals surface area contributed by atoms with E-state index < -0.39 is 10.0 Å². The second-order valence-electron chi connectivity index (χ2n) is 7.51. The molecule has 7 heteroatoms. The van der Waals surface area contributed by atoms with Gasteiger partial charge in [-0.3, -0.25) is 9.36 Å². The largest absolute Gasteiger partial charge is 0.308 e. The SMILES string of the molecule is CC[C@H](NS(=O)(=O)c1ccc2c(c1)sc(=O)n2Cc1ccccc1)c1ccccc1C. The van der Waals surface area contributed by atoms with E-state index >= 15 is 0 Å². The Hall–Kier alpha value is -2.74. The maximum Gasteiger partial charge on any atom is 0.308 e. The molecular formula is C24H24N2O3S2. The number of rotatable bonds is 7. The maximum atomic E-state index is 13.1.